The number of nitrogens with zero attached hydrogens (tertiary/aromatic N) is 2. The summed E-state index contributed by atoms with van der Waals surface area (Å²) >= 11 is 3.11. The SMILES string of the molecule is C=N/C(Oc1ccnc(N)c1)=C(F)\C=C(/C)Br. The molecule has 1 heterocycles. The van der Waals surface area contributed by atoms with Crippen LogP contribution in [-0.2, 0) is 0 Å². The summed E-state index contributed by atoms with van der Waals surface area (Å²) in [7, 11) is 0. The average molecular weight is 300 g/mol. The number of rotatable bonds is 4. The van der Waals surface area contributed by atoms with Crippen LogP contribution in [0.3, 0.4) is 0 Å². The van der Waals surface area contributed by atoms with Crippen molar-refractivity contribution < 1.29 is 9.13 Å². The second kappa shape index (κ2) is 6.15. The zero-order chi connectivity index (χ0) is 12.8. The van der Waals surface area contributed by atoms with Gasteiger partial charge in [0.2, 0.25) is 0 Å². The van der Waals surface area contributed by atoms with Crippen LogP contribution in [0.15, 0.2) is 45.6 Å². The fourth-order valence-corrected chi connectivity index (χ4v) is 1.20. The van der Waals surface area contributed by atoms with E-state index in [1.54, 1.807) is 13.0 Å². The van der Waals surface area contributed by atoms with Gasteiger partial charge in [0.25, 0.3) is 5.88 Å². The molecule has 1 aromatic rings. The van der Waals surface area contributed by atoms with Gasteiger partial charge in [0, 0.05) is 12.3 Å². The van der Waals surface area contributed by atoms with Gasteiger partial charge < -0.3 is 10.5 Å². The highest BCUT2D eigenvalue weighted by molar-refractivity contribution is 9.11. The zero-order valence-corrected chi connectivity index (χ0v) is 10.7. The fourth-order valence-electron chi connectivity index (χ4n) is 0.996. The number of hydrogen-bond acceptors (Lipinski definition) is 4. The van der Waals surface area contributed by atoms with Crippen LogP contribution in [0.25, 0.3) is 0 Å². The number of aromatic nitrogens is 1. The number of nitrogen functional groups attached to an aromatic ring is 1. The first kappa shape index (κ1) is 13.4. The molecule has 0 aromatic carbocycles. The summed E-state index contributed by atoms with van der Waals surface area (Å²) in [4.78, 5) is 7.26. The standard InChI is InChI=1S/C11H11BrFN3O/c1-7(12)5-9(13)11(15-2)17-8-3-4-16-10(14)6-8/h3-6H,2H2,1H3,(H2,14,16)/b7-5+,11-9-. The van der Waals surface area contributed by atoms with E-state index in [0.717, 1.165) is 0 Å². The lowest BCUT2D eigenvalue weighted by atomic mass is 10.4. The van der Waals surface area contributed by atoms with Crippen LogP contribution >= 0.6 is 15.9 Å². The van der Waals surface area contributed by atoms with Gasteiger partial charge in [-0.15, -0.1) is 0 Å². The molecule has 0 aliphatic rings. The third-order valence-corrected chi connectivity index (χ3v) is 1.87. The van der Waals surface area contributed by atoms with Crippen LogP contribution < -0.4 is 10.5 Å². The first-order valence-corrected chi connectivity index (χ1v) is 5.42. The number of aliphatic imine (C=N–C) groups is 1. The van der Waals surface area contributed by atoms with E-state index in [1.165, 1.54) is 18.3 Å². The Labute approximate surface area is 107 Å². The molecule has 6 heteroatoms. The van der Waals surface area contributed by atoms with Crippen molar-refractivity contribution >= 4 is 28.5 Å². The average Bonchev–Trinajstić information content (AvgIpc) is 2.24. The summed E-state index contributed by atoms with van der Waals surface area (Å²) in [6.07, 6.45) is 2.68. The molecule has 0 spiro atoms. The van der Waals surface area contributed by atoms with Gasteiger partial charge >= 0.3 is 0 Å². The molecule has 0 fully saturated rings. The molecule has 0 aliphatic carbocycles. The Balaban J connectivity index is 2.98. The lowest BCUT2D eigenvalue weighted by molar-refractivity contribution is 0.397. The van der Waals surface area contributed by atoms with E-state index in [4.69, 9.17) is 10.5 Å². The molecule has 0 saturated carbocycles. The lowest BCUT2D eigenvalue weighted by Gasteiger charge is -2.05. The first-order valence-electron chi connectivity index (χ1n) is 4.62. The number of halogens is 2. The number of anilines is 1. The van der Waals surface area contributed by atoms with Gasteiger partial charge in [0.15, 0.2) is 5.83 Å². The number of ether oxygens (including phenoxy) is 1. The predicted molar refractivity (Wildman–Crippen MR) is 69.6 cm³/mol. The van der Waals surface area contributed by atoms with E-state index in [2.05, 4.69) is 32.6 Å². The molecule has 0 bridgehead atoms. The third kappa shape index (κ3) is 4.36. The van der Waals surface area contributed by atoms with Crippen LogP contribution in [0.4, 0.5) is 10.2 Å². The zero-order valence-electron chi connectivity index (χ0n) is 9.15. The van der Waals surface area contributed by atoms with E-state index >= 15 is 0 Å². The van der Waals surface area contributed by atoms with E-state index < -0.39 is 5.83 Å². The summed E-state index contributed by atoms with van der Waals surface area (Å²) in [5.74, 6) is -0.242. The Hall–Kier alpha value is -1.69. The van der Waals surface area contributed by atoms with Crippen molar-refractivity contribution in [1.82, 2.24) is 4.98 Å². The molecule has 90 valence electrons. The molecular formula is C11H11BrFN3O. The summed E-state index contributed by atoms with van der Waals surface area (Å²) in [5, 5.41) is 0. The summed E-state index contributed by atoms with van der Waals surface area (Å²) in [6.45, 7) is 4.93. The molecule has 0 unspecified atom stereocenters. The third-order valence-electron chi connectivity index (χ3n) is 1.64. The molecule has 0 saturated heterocycles. The van der Waals surface area contributed by atoms with E-state index in [0.29, 0.717) is 10.2 Å². The van der Waals surface area contributed by atoms with Gasteiger partial charge in [0.05, 0.1) is 0 Å². The van der Waals surface area contributed by atoms with E-state index in [9.17, 15) is 4.39 Å². The molecular weight excluding hydrogens is 289 g/mol. The van der Waals surface area contributed by atoms with Gasteiger partial charge in [-0.25, -0.2) is 14.4 Å². The minimum atomic E-state index is -0.634. The molecule has 0 amide bonds. The normalized spacial score (nSPS) is 13.0. The smallest absolute Gasteiger partial charge is 0.255 e. The van der Waals surface area contributed by atoms with Gasteiger partial charge in [-0.3, -0.25) is 0 Å². The minimum absolute atomic E-state index is 0.227. The number of pyridine rings is 1. The van der Waals surface area contributed by atoms with Crippen LogP contribution in [0.1, 0.15) is 6.92 Å². The van der Waals surface area contributed by atoms with Gasteiger partial charge in [0.1, 0.15) is 11.6 Å². The van der Waals surface area contributed by atoms with Crippen molar-refractivity contribution in [2.24, 2.45) is 4.99 Å². The minimum Gasteiger partial charge on any atom is -0.436 e. The summed E-state index contributed by atoms with van der Waals surface area (Å²) in [6, 6.07) is 3.00. The molecule has 17 heavy (non-hydrogen) atoms. The second-order valence-electron chi connectivity index (χ2n) is 3.06. The highest BCUT2D eigenvalue weighted by Crippen LogP contribution is 2.20. The number of hydrogen-bond donors (Lipinski definition) is 1. The van der Waals surface area contributed by atoms with Crippen molar-refractivity contribution in [2.75, 3.05) is 5.73 Å². The highest BCUT2D eigenvalue weighted by atomic mass is 79.9. The van der Waals surface area contributed by atoms with Gasteiger partial charge in [-0.1, -0.05) is 15.9 Å². The van der Waals surface area contributed by atoms with Crippen LogP contribution in [0, 0.1) is 0 Å². The van der Waals surface area contributed by atoms with Crippen LogP contribution in [0.5, 0.6) is 5.75 Å². The topological polar surface area (TPSA) is 60.5 Å². The molecule has 0 atom stereocenters. The number of allylic oxidation sites excluding steroid dienone is 3. The van der Waals surface area contributed by atoms with Crippen molar-refractivity contribution in [3.05, 3.63) is 40.6 Å². The Morgan fingerprint density at radius 1 is 1.71 bits per heavy atom. The van der Waals surface area contributed by atoms with Crippen molar-refractivity contribution in [3.63, 3.8) is 0 Å². The molecule has 2 N–H and O–H groups in total. The maximum atomic E-state index is 13.6. The van der Waals surface area contributed by atoms with Crippen molar-refractivity contribution in [1.29, 1.82) is 0 Å². The largest absolute Gasteiger partial charge is 0.436 e. The predicted octanol–water partition coefficient (Wildman–Crippen LogP) is 3.18. The lowest BCUT2D eigenvalue weighted by Crippen LogP contribution is -1.96. The molecule has 4 nitrogen and oxygen atoms in total. The van der Waals surface area contributed by atoms with Crippen molar-refractivity contribution in [3.8, 4) is 5.75 Å². The Bertz CT molecular complexity index is 481. The Kier molecular flexibility index (Phi) is 4.84. The first-order chi connectivity index (χ1) is 8.02. The van der Waals surface area contributed by atoms with Gasteiger partial charge in [-0.2, -0.15) is 0 Å². The maximum absolute atomic E-state index is 13.6. The van der Waals surface area contributed by atoms with E-state index in [1.807, 2.05) is 0 Å². The second-order valence-corrected chi connectivity index (χ2v) is 4.31. The van der Waals surface area contributed by atoms with Gasteiger partial charge in [-0.05, 0) is 30.3 Å². The summed E-state index contributed by atoms with van der Waals surface area (Å²) in [5.41, 5.74) is 5.47. The molecule has 1 rings (SSSR count). The van der Waals surface area contributed by atoms with Crippen LogP contribution in [0.2, 0.25) is 0 Å². The van der Waals surface area contributed by atoms with Crippen LogP contribution in [-0.4, -0.2) is 11.7 Å². The summed E-state index contributed by atoms with van der Waals surface area (Å²) < 4.78 is 19.4. The monoisotopic (exact) mass is 299 g/mol. The molecule has 0 aliphatic heterocycles. The highest BCUT2D eigenvalue weighted by Gasteiger charge is 2.06. The van der Waals surface area contributed by atoms with E-state index in [-0.39, 0.29) is 11.7 Å². The molecule has 0 radical (unpaired) electrons. The fraction of sp³-hybridized carbons (Fsp3) is 0.0909. The number of nitrogens with two attached hydrogens (primary N) is 1. The molecule has 1 aromatic heterocycles. The maximum Gasteiger partial charge on any atom is 0.255 e. The Morgan fingerprint density at radius 3 is 2.94 bits per heavy atom. The Morgan fingerprint density at radius 2 is 2.41 bits per heavy atom. The van der Waals surface area contributed by atoms with Crippen molar-refractivity contribution in [2.45, 2.75) is 6.92 Å². The quantitative estimate of drug-likeness (QED) is 0.528.